The van der Waals surface area contributed by atoms with Crippen molar-refractivity contribution < 1.29 is 4.21 Å². The average Bonchev–Trinajstić information content (AvgIpc) is 2.76. The van der Waals surface area contributed by atoms with Gasteiger partial charge in [0.2, 0.25) is 0 Å². The molecule has 0 amide bonds. The van der Waals surface area contributed by atoms with E-state index in [1.165, 1.54) is 0 Å². The summed E-state index contributed by atoms with van der Waals surface area (Å²) in [6.45, 7) is 7.10. The van der Waals surface area contributed by atoms with Crippen molar-refractivity contribution in [3.8, 4) is 0 Å². The summed E-state index contributed by atoms with van der Waals surface area (Å²) in [7, 11) is -2.20. The SMILES string of the molecule is CC(C)[C@@H](C)c1ncc(S2(=O)=NCCC2)cn1. The summed E-state index contributed by atoms with van der Waals surface area (Å²) in [5, 5.41) is 0. The van der Waals surface area contributed by atoms with E-state index in [9.17, 15) is 4.21 Å². The van der Waals surface area contributed by atoms with E-state index in [0.717, 1.165) is 12.2 Å². The molecule has 2 heterocycles. The third kappa shape index (κ3) is 2.49. The molecule has 0 N–H and O–H groups in total. The first kappa shape index (κ1) is 12.5. The van der Waals surface area contributed by atoms with Gasteiger partial charge in [0.1, 0.15) is 5.82 Å². The molecule has 94 valence electrons. The minimum atomic E-state index is -2.20. The van der Waals surface area contributed by atoms with Crippen LogP contribution in [0.5, 0.6) is 0 Å². The van der Waals surface area contributed by atoms with E-state index < -0.39 is 9.73 Å². The number of hydrogen-bond acceptors (Lipinski definition) is 4. The van der Waals surface area contributed by atoms with Gasteiger partial charge >= 0.3 is 0 Å². The lowest BCUT2D eigenvalue weighted by Gasteiger charge is -2.14. The van der Waals surface area contributed by atoms with Crippen LogP contribution in [0.25, 0.3) is 0 Å². The van der Waals surface area contributed by atoms with Crippen LogP contribution in [0.3, 0.4) is 0 Å². The summed E-state index contributed by atoms with van der Waals surface area (Å²) in [4.78, 5) is 9.37. The standard InChI is InChI=1S/C12H19N3OS/c1-9(2)10(3)12-13-7-11(8-14-12)17(16)6-4-5-15-17/h7-10H,4-6H2,1-3H3/t10-,17?/m1/s1. The van der Waals surface area contributed by atoms with E-state index in [1.807, 2.05) is 0 Å². The lowest BCUT2D eigenvalue weighted by molar-refractivity contribution is 0.509. The second-order valence-corrected chi connectivity index (χ2v) is 7.28. The summed E-state index contributed by atoms with van der Waals surface area (Å²) in [5.41, 5.74) is 0. The van der Waals surface area contributed by atoms with Gasteiger partial charge in [0, 0.05) is 30.6 Å². The fourth-order valence-electron chi connectivity index (χ4n) is 1.75. The summed E-state index contributed by atoms with van der Waals surface area (Å²) >= 11 is 0. The van der Waals surface area contributed by atoms with Crippen molar-refractivity contribution in [1.29, 1.82) is 0 Å². The minimum Gasteiger partial charge on any atom is -0.245 e. The molecule has 0 aliphatic carbocycles. The molecule has 1 aliphatic heterocycles. The lowest BCUT2D eigenvalue weighted by Crippen LogP contribution is -2.09. The Hall–Kier alpha value is -0.970. The molecule has 4 nitrogen and oxygen atoms in total. The van der Waals surface area contributed by atoms with E-state index in [-0.39, 0.29) is 0 Å². The van der Waals surface area contributed by atoms with E-state index in [0.29, 0.717) is 29.0 Å². The van der Waals surface area contributed by atoms with Gasteiger partial charge < -0.3 is 0 Å². The maximum Gasteiger partial charge on any atom is 0.131 e. The first-order valence-electron chi connectivity index (χ1n) is 6.05. The fraction of sp³-hybridized carbons (Fsp3) is 0.667. The van der Waals surface area contributed by atoms with Crippen molar-refractivity contribution in [3.05, 3.63) is 18.2 Å². The summed E-state index contributed by atoms with van der Waals surface area (Å²) in [6.07, 6.45) is 4.29. The number of rotatable bonds is 3. The number of nitrogens with zero attached hydrogens (tertiary/aromatic N) is 3. The van der Waals surface area contributed by atoms with Gasteiger partial charge in [0.15, 0.2) is 0 Å². The van der Waals surface area contributed by atoms with Crippen molar-refractivity contribution in [2.75, 3.05) is 12.3 Å². The summed E-state index contributed by atoms with van der Waals surface area (Å²) in [5.74, 6) is 2.30. The first-order chi connectivity index (χ1) is 8.03. The Morgan fingerprint density at radius 2 is 1.88 bits per heavy atom. The van der Waals surface area contributed by atoms with Crippen LogP contribution in [0.15, 0.2) is 21.7 Å². The molecule has 1 aliphatic rings. The molecule has 0 fully saturated rings. The smallest absolute Gasteiger partial charge is 0.131 e. The Bertz CT molecular complexity index is 501. The van der Waals surface area contributed by atoms with Gasteiger partial charge in [-0.15, -0.1) is 0 Å². The van der Waals surface area contributed by atoms with Crippen LogP contribution < -0.4 is 0 Å². The van der Waals surface area contributed by atoms with Crippen molar-refractivity contribution in [3.63, 3.8) is 0 Å². The van der Waals surface area contributed by atoms with Crippen LogP contribution in [0.2, 0.25) is 0 Å². The highest BCUT2D eigenvalue weighted by Crippen LogP contribution is 2.22. The highest BCUT2D eigenvalue weighted by Gasteiger charge is 2.19. The Morgan fingerprint density at radius 1 is 1.24 bits per heavy atom. The second kappa shape index (κ2) is 4.72. The van der Waals surface area contributed by atoms with Crippen molar-refractivity contribution in [2.24, 2.45) is 10.3 Å². The number of hydrogen-bond donors (Lipinski definition) is 0. The lowest BCUT2D eigenvalue weighted by atomic mass is 9.97. The topological polar surface area (TPSA) is 55.2 Å². The minimum absolute atomic E-state index is 0.321. The van der Waals surface area contributed by atoms with Gasteiger partial charge in [-0.25, -0.2) is 18.5 Å². The van der Waals surface area contributed by atoms with Gasteiger partial charge in [-0.1, -0.05) is 20.8 Å². The van der Waals surface area contributed by atoms with Crippen LogP contribution in [0, 0.1) is 5.92 Å². The molecule has 1 aromatic heterocycles. The zero-order chi connectivity index (χ0) is 12.5. The van der Waals surface area contributed by atoms with E-state index >= 15 is 0 Å². The highest BCUT2D eigenvalue weighted by atomic mass is 32.2. The predicted octanol–water partition coefficient (Wildman–Crippen LogP) is 2.47. The third-order valence-electron chi connectivity index (χ3n) is 3.30. The van der Waals surface area contributed by atoms with Crippen LogP contribution in [0.1, 0.15) is 38.9 Å². The molecule has 0 spiro atoms. The van der Waals surface area contributed by atoms with Crippen LogP contribution in [-0.2, 0) is 9.73 Å². The normalized spacial score (nSPS) is 25.9. The Morgan fingerprint density at radius 3 is 2.35 bits per heavy atom. The zero-order valence-electron chi connectivity index (χ0n) is 10.6. The highest BCUT2D eigenvalue weighted by molar-refractivity contribution is 7.93. The molecular formula is C12H19N3OS. The Kier molecular flexibility index (Phi) is 3.47. The molecule has 1 aromatic rings. The van der Waals surface area contributed by atoms with E-state index in [2.05, 4.69) is 35.1 Å². The molecule has 5 heteroatoms. The van der Waals surface area contributed by atoms with E-state index in [4.69, 9.17) is 0 Å². The average molecular weight is 253 g/mol. The predicted molar refractivity (Wildman–Crippen MR) is 68.5 cm³/mol. The molecule has 0 aromatic carbocycles. The molecule has 2 atom stereocenters. The van der Waals surface area contributed by atoms with Crippen molar-refractivity contribution in [1.82, 2.24) is 9.97 Å². The molecule has 17 heavy (non-hydrogen) atoms. The molecule has 0 saturated carbocycles. The monoisotopic (exact) mass is 253 g/mol. The molecule has 0 radical (unpaired) electrons. The maximum atomic E-state index is 12.4. The summed E-state index contributed by atoms with van der Waals surface area (Å²) < 4.78 is 16.6. The molecule has 0 bridgehead atoms. The zero-order valence-corrected chi connectivity index (χ0v) is 11.4. The molecule has 0 saturated heterocycles. The maximum absolute atomic E-state index is 12.4. The third-order valence-corrected chi connectivity index (χ3v) is 5.69. The quantitative estimate of drug-likeness (QED) is 0.831. The molecular weight excluding hydrogens is 234 g/mol. The first-order valence-corrected chi connectivity index (χ1v) is 7.74. The van der Waals surface area contributed by atoms with Crippen LogP contribution in [0.4, 0.5) is 0 Å². The van der Waals surface area contributed by atoms with E-state index in [1.54, 1.807) is 12.4 Å². The van der Waals surface area contributed by atoms with Crippen LogP contribution in [-0.4, -0.2) is 26.5 Å². The van der Waals surface area contributed by atoms with Gasteiger partial charge in [-0.05, 0) is 12.3 Å². The van der Waals surface area contributed by atoms with Gasteiger partial charge in [-0.2, -0.15) is 0 Å². The van der Waals surface area contributed by atoms with Gasteiger partial charge in [0.25, 0.3) is 0 Å². The van der Waals surface area contributed by atoms with Gasteiger partial charge in [0.05, 0.1) is 14.6 Å². The number of aromatic nitrogens is 2. The summed E-state index contributed by atoms with van der Waals surface area (Å²) in [6, 6.07) is 0. The molecule has 1 unspecified atom stereocenters. The second-order valence-electron chi connectivity index (χ2n) is 4.86. The van der Waals surface area contributed by atoms with Gasteiger partial charge in [-0.3, -0.25) is 0 Å². The van der Waals surface area contributed by atoms with Crippen LogP contribution >= 0.6 is 0 Å². The van der Waals surface area contributed by atoms with Crippen molar-refractivity contribution >= 4 is 9.73 Å². The Balaban J connectivity index is 2.28. The Labute approximate surface area is 103 Å². The largest absolute Gasteiger partial charge is 0.245 e. The molecule has 2 rings (SSSR count). The fourth-order valence-corrected chi connectivity index (χ4v) is 3.65. The van der Waals surface area contributed by atoms with Crippen molar-refractivity contribution in [2.45, 2.75) is 38.0 Å².